The minimum atomic E-state index is -0.752. The van der Waals surface area contributed by atoms with Crippen LogP contribution in [0.3, 0.4) is 0 Å². The van der Waals surface area contributed by atoms with Crippen LogP contribution in [0.25, 0.3) is 0 Å². The highest BCUT2D eigenvalue weighted by molar-refractivity contribution is 5.64. The van der Waals surface area contributed by atoms with E-state index in [4.69, 9.17) is 5.26 Å². The van der Waals surface area contributed by atoms with E-state index in [0.29, 0.717) is 11.3 Å². The van der Waals surface area contributed by atoms with Gasteiger partial charge in [0.05, 0.1) is 23.1 Å². The van der Waals surface area contributed by atoms with E-state index in [1.165, 1.54) is 12.3 Å². The van der Waals surface area contributed by atoms with Gasteiger partial charge in [0, 0.05) is 6.07 Å². The highest BCUT2D eigenvalue weighted by Gasteiger charge is 2.08. The van der Waals surface area contributed by atoms with Gasteiger partial charge in [0.25, 0.3) is 0 Å². The zero-order valence-corrected chi connectivity index (χ0v) is 12.2. The fraction of sp³-hybridized carbons (Fsp3) is 0. The molecule has 0 spiro atoms. The molecule has 0 bridgehead atoms. The van der Waals surface area contributed by atoms with Gasteiger partial charge in [-0.15, -0.1) is 5.10 Å². The van der Waals surface area contributed by atoms with Gasteiger partial charge >= 0.3 is 0 Å². The summed E-state index contributed by atoms with van der Waals surface area (Å²) < 4.78 is 26.6. The Kier molecular flexibility index (Phi) is 4.25. The second-order valence-electron chi connectivity index (χ2n) is 4.70. The van der Waals surface area contributed by atoms with Crippen molar-refractivity contribution in [2.45, 2.75) is 0 Å². The number of hydrogen-bond donors (Lipinski definition) is 2. The molecule has 118 valence electrons. The Bertz CT molecular complexity index is 922. The first-order valence-electron chi connectivity index (χ1n) is 6.83. The van der Waals surface area contributed by atoms with Gasteiger partial charge in [-0.2, -0.15) is 15.3 Å². The quantitative estimate of drug-likeness (QED) is 0.764. The maximum absolute atomic E-state index is 13.7. The number of hydrogen-bond acceptors (Lipinski definition) is 6. The van der Waals surface area contributed by atoms with E-state index in [1.807, 2.05) is 6.07 Å². The van der Waals surface area contributed by atoms with Crippen molar-refractivity contribution in [3.8, 4) is 6.07 Å². The fourth-order valence-electron chi connectivity index (χ4n) is 1.96. The van der Waals surface area contributed by atoms with Crippen molar-refractivity contribution in [1.82, 2.24) is 15.2 Å². The first kappa shape index (κ1) is 15.3. The molecule has 0 amide bonds. The van der Waals surface area contributed by atoms with Crippen LogP contribution in [0.5, 0.6) is 0 Å². The molecule has 6 nitrogen and oxygen atoms in total. The smallest absolute Gasteiger partial charge is 0.249 e. The van der Waals surface area contributed by atoms with Gasteiger partial charge in [-0.1, -0.05) is 12.1 Å². The number of halogens is 2. The Morgan fingerprint density at radius 2 is 1.83 bits per heavy atom. The molecule has 0 aliphatic carbocycles. The number of rotatable bonds is 4. The summed E-state index contributed by atoms with van der Waals surface area (Å²) in [6.07, 6.45) is 1.30. The minimum Gasteiger partial charge on any atom is -0.336 e. The van der Waals surface area contributed by atoms with Gasteiger partial charge in [-0.05, 0) is 24.3 Å². The average molecular weight is 324 g/mol. The Morgan fingerprint density at radius 1 is 1.00 bits per heavy atom. The SMILES string of the molecule is N#Cc1ccccc1Nc1nncc(Nc2ccc(F)cc2F)n1. The second-order valence-corrected chi connectivity index (χ2v) is 4.70. The normalized spacial score (nSPS) is 10.0. The predicted octanol–water partition coefficient (Wildman–Crippen LogP) is 3.51. The van der Waals surface area contributed by atoms with Crippen molar-refractivity contribution in [2.75, 3.05) is 10.6 Å². The van der Waals surface area contributed by atoms with Crippen LogP contribution in [-0.4, -0.2) is 15.2 Å². The third-order valence-electron chi connectivity index (χ3n) is 3.05. The predicted molar refractivity (Wildman–Crippen MR) is 83.9 cm³/mol. The van der Waals surface area contributed by atoms with Crippen molar-refractivity contribution in [2.24, 2.45) is 0 Å². The third-order valence-corrected chi connectivity index (χ3v) is 3.05. The highest BCUT2D eigenvalue weighted by atomic mass is 19.1. The molecule has 1 heterocycles. The lowest BCUT2D eigenvalue weighted by molar-refractivity contribution is 0.586. The van der Waals surface area contributed by atoms with Crippen LogP contribution in [0.2, 0.25) is 0 Å². The summed E-state index contributed by atoms with van der Waals surface area (Å²) in [5.41, 5.74) is 0.997. The van der Waals surface area contributed by atoms with Gasteiger partial charge in [0.15, 0.2) is 5.82 Å². The lowest BCUT2D eigenvalue weighted by atomic mass is 10.2. The van der Waals surface area contributed by atoms with E-state index in [2.05, 4.69) is 25.8 Å². The molecule has 0 fully saturated rings. The molecule has 3 aromatic rings. The molecule has 0 saturated carbocycles. The summed E-state index contributed by atoms with van der Waals surface area (Å²) in [6, 6.07) is 12.0. The minimum absolute atomic E-state index is 0.0558. The van der Waals surface area contributed by atoms with Crippen molar-refractivity contribution in [1.29, 1.82) is 5.26 Å². The molecule has 0 aliphatic heterocycles. The molecule has 1 aromatic heterocycles. The molecule has 2 aromatic carbocycles. The molecule has 8 heteroatoms. The number of nitrogens with zero attached hydrogens (tertiary/aromatic N) is 4. The van der Waals surface area contributed by atoms with Gasteiger partial charge in [0.2, 0.25) is 5.95 Å². The Labute approximate surface area is 135 Å². The maximum Gasteiger partial charge on any atom is 0.249 e. The highest BCUT2D eigenvalue weighted by Crippen LogP contribution is 2.21. The Morgan fingerprint density at radius 3 is 2.62 bits per heavy atom. The molecule has 0 unspecified atom stereocenters. The molecule has 0 saturated heterocycles. The zero-order chi connectivity index (χ0) is 16.9. The number of nitriles is 1. The summed E-state index contributed by atoms with van der Waals surface area (Å²) in [7, 11) is 0. The number of aromatic nitrogens is 3. The van der Waals surface area contributed by atoms with Crippen LogP contribution >= 0.6 is 0 Å². The molecule has 0 radical (unpaired) electrons. The van der Waals surface area contributed by atoms with Crippen LogP contribution < -0.4 is 10.6 Å². The molecular weight excluding hydrogens is 314 g/mol. The standard InChI is InChI=1S/C16H10F2N6/c17-11-5-6-14(12(18)7-11)21-15-9-20-24-16(23-15)22-13-4-2-1-3-10(13)8-19/h1-7,9H,(H2,21,22,23,24). The third kappa shape index (κ3) is 3.41. The Hall–Kier alpha value is -3.60. The molecule has 3 rings (SSSR count). The monoisotopic (exact) mass is 324 g/mol. The zero-order valence-electron chi connectivity index (χ0n) is 12.2. The molecule has 0 aliphatic rings. The van der Waals surface area contributed by atoms with Gasteiger partial charge in [0.1, 0.15) is 17.7 Å². The van der Waals surface area contributed by atoms with Crippen LogP contribution in [0.15, 0.2) is 48.7 Å². The van der Waals surface area contributed by atoms with Crippen molar-refractivity contribution in [3.63, 3.8) is 0 Å². The lowest BCUT2D eigenvalue weighted by Crippen LogP contribution is -2.04. The summed E-state index contributed by atoms with van der Waals surface area (Å²) in [6.45, 7) is 0. The Balaban J connectivity index is 1.83. The van der Waals surface area contributed by atoms with E-state index in [0.717, 1.165) is 12.1 Å². The van der Waals surface area contributed by atoms with Crippen LogP contribution in [0, 0.1) is 23.0 Å². The van der Waals surface area contributed by atoms with Gasteiger partial charge < -0.3 is 10.6 Å². The van der Waals surface area contributed by atoms with Crippen LogP contribution in [-0.2, 0) is 0 Å². The molecule has 0 atom stereocenters. The molecule has 2 N–H and O–H groups in total. The number of benzene rings is 2. The summed E-state index contributed by atoms with van der Waals surface area (Å²) in [5.74, 6) is -1.08. The number of para-hydroxylation sites is 1. The first-order valence-corrected chi connectivity index (χ1v) is 6.83. The first-order chi connectivity index (χ1) is 11.7. The van der Waals surface area contributed by atoms with Crippen LogP contribution in [0.4, 0.5) is 31.9 Å². The van der Waals surface area contributed by atoms with Crippen LogP contribution in [0.1, 0.15) is 5.56 Å². The van der Waals surface area contributed by atoms with Gasteiger partial charge in [-0.25, -0.2) is 8.78 Å². The van der Waals surface area contributed by atoms with Crippen molar-refractivity contribution in [3.05, 3.63) is 65.9 Å². The summed E-state index contributed by atoms with van der Waals surface area (Å²) in [4.78, 5) is 4.14. The second kappa shape index (κ2) is 6.66. The summed E-state index contributed by atoms with van der Waals surface area (Å²) >= 11 is 0. The fourth-order valence-corrected chi connectivity index (χ4v) is 1.96. The topological polar surface area (TPSA) is 86.5 Å². The lowest BCUT2D eigenvalue weighted by Gasteiger charge is -2.09. The largest absolute Gasteiger partial charge is 0.336 e. The molecule has 24 heavy (non-hydrogen) atoms. The van der Waals surface area contributed by atoms with Crippen molar-refractivity contribution >= 4 is 23.1 Å². The average Bonchev–Trinajstić information content (AvgIpc) is 2.58. The van der Waals surface area contributed by atoms with Crippen molar-refractivity contribution < 1.29 is 8.78 Å². The number of nitrogens with one attached hydrogen (secondary N) is 2. The maximum atomic E-state index is 13.7. The van der Waals surface area contributed by atoms with E-state index >= 15 is 0 Å². The van der Waals surface area contributed by atoms with E-state index in [9.17, 15) is 8.78 Å². The summed E-state index contributed by atoms with van der Waals surface area (Å²) in [5, 5.41) is 22.2. The number of anilines is 4. The van der Waals surface area contributed by atoms with E-state index in [1.54, 1.807) is 24.3 Å². The van der Waals surface area contributed by atoms with E-state index in [-0.39, 0.29) is 17.5 Å². The van der Waals surface area contributed by atoms with E-state index < -0.39 is 11.6 Å². The van der Waals surface area contributed by atoms with Gasteiger partial charge in [-0.3, -0.25) is 0 Å². The molecular formula is C16H10F2N6.